The van der Waals surface area contributed by atoms with Gasteiger partial charge < -0.3 is 18.9 Å². The maximum atomic E-state index is 5.68. The summed E-state index contributed by atoms with van der Waals surface area (Å²) < 4.78 is 21.7. The van der Waals surface area contributed by atoms with E-state index in [9.17, 15) is 0 Å². The molecular weight excluding hydrogens is 320 g/mol. The third kappa shape index (κ3) is 4.42. The van der Waals surface area contributed by atoms with Gasteiger partial charge in [-0.05, 0) is 48.5 Å². The Bertz CT molecular complexity index is 622. The highest BCUT2D eigenvalue weighted by molar-refractivity contribution is 5.63. The zero-order valence-electron chi connectivity index (χ0n) is 14.2. The summed E-state index contributed by atoms with van der Waals surface area (Å²) in [5, 5.41) is 2.00. The summed E-state index contributed by atoms with van der Waals surface area (Å²) in [6.07, 6.45) is 0.529. The number of anilines is 2. The largest absolute Gasteiger partial charge is 0.491 e. The van der Waals surface area contributed by atoms with Gasteiger partial charge in [-0.25, -0.2) is 5.43 Å². The molecule has 6 nitrogen and oxygen atoms in total. The molecule has 2 atom stereocenters. The summed E-state index contributed by atoms with van der Waals surface area (Å²) in [7, 11) is 1.89. The van der Waals surface area contributed by atoms with Gasteiger partial charge in [-0.3, -0.25) is 5.01 Å². The van der Waals surface area contributed by atoms with Crippen molar-refractivity contribution in [3.8, 4) is 11.5 Å². The number of hydrogen-bond donors (Lipinski definition) is 1. The molecule has 0 bridgehead atoms. The van der Waals surface area contributed by atoms with E-state index in [0.29, 0.717) is 13.2 Å². The van der Waals surface area contributed by atoms with Crippen LogP contribution in [0.5, 0.6) is 11.5 Å². The topological polar surface area (TPSA) is 58.8 Å². The third-order valence-corrected chi connectivity index (χ3v) is 4.09. The molecule has 0 aliphatic carbocycles. The van der Waals surface area contributed by atoms with E-state index < -0.39 is 0 Å². The Morgan fingerprint density at radius 3 is 1.56 bits per heavy atom. The van der Waals surface area contributed by atoms with Crippen molar-refractivity contribution < 1.29 is 18.9 Å². The van der Waals surface area contributed by atoms with Crippen LogP contribution >= 0.6 is 0 Å². The van der Waals surface area contributed by atoms with Crippen molar-refractivity contribution in [1.29, 1.82) is 0 Å². The average Bonchev–Trinajstić information content (AvgIpc) is 3.56. The van der Waals surface area contributed by atoms with Crippen molar-refractivity contribution in [2.75, 3.05) is 38.5 Å². The van der Waals surface area contributed by atoms with Crippen LogP contribution in [0.2, 0.25) is 0 Å². The highest BCUT2D eigenvalue weighted by Gasteiger charge is 2.23. The molecule has 0 radical (unpaired) electrons. The summed E-state index contributed by atoms with van der Waals surface area (Å²) >= 11 is 0. The highest BCUT2D eigenvalue weighted by atomic mass is 16.6. The molecule has 0 saturated carbocycles. The molecule has 1 N–H and O–H groups in total. The Morgan fingerprint density at radius 1 is 0.840 bits per heavy atom. The molecule has 25 heavy (non-hydrogen) atoms. The number of nitrogens with zero attached hydrogens (tertiary/aromatic N) is 1. The maximum absolute atomic E-state index is 5.68. The van der Waals surface area contributed by atoms with Crippen molar-refractivity contribution in [3.63, 3.8) is 0 Å². The van der Waals surface area contributed by atoms with E-state index in [4.69, 9.17) is 18.9 Å². The first kappa shape index (κ1) is 16.2. The van der Waals surface area contributed by atoms with Gasteiger partial charge in [-0.1, -0.05) is 0 Å². The van der Waals surface area contributed by atoms with E-state index in [1.807, 2.05) is 60.6 Å². The summed E-state index contributed by atoms with van der Waals surface area (Å²) in [5.74, 6) is 1.70. The first-order chi connectivity index (χ1) is 12.3. The van der Waals surface area contributed by atoms with Crippen LogP contribution in [0.15, 0.2) is 48.5 Å². The minimum atomic E-state index is 0.265. The van der Waals surface area contributed by atoms with Crippen molar-refractivity contribution in [2.24, 2.45) is 0 Å². The molecule has 6 heteroatoms. The Hall–Kier alpha value is -2.28. The average molecular weight is 342 g/mol. The molecule has 4 rings (SSSR count). The molecular formula is C19H22N2O4. The second kappa shape index (κ2) is 7.31. The van der Waals surface area contributed by atoms with Crippen molar-refractivity contribution in [3.05, 3.63) is 48.5 Å². The Kier molecular flexibility index (Phi) is 4.74. The number of hydrazine groups is 1. The van der Waals surface area contributed by atoms with Gasteiger partial charge >= 0.3 is 0 Å². The number of ether oxygens (including phenoxy) is 4. The molecule has 0 amide bonds. The fourth-order valence-electron chi connectivity index (χ4n) is 2.50. The standard InChI is InChI=1S/C19H22N2O4/c1-20-21(14-2-6-16(7-3-14)22-10-18-12-24-18)15-4-8-17(9-5-15)23-11-19-13-25-19/h2-9,18-20H,10-13H2,1H3. The van der Waals surface area contributed by atoms with E-state index in [0.717, 1.165) is 36.1 Å². The minimum Gasteiger partial charge on any atom is -0.491 e. The fraction of sp³-hybridized carbons (Fsp3) is 0.368. The minimum absolute atomic E-state index is 0.265. The number of rotatable bonds is 9. The van der Waals surface area contributed by atoms with E-state index in [-0.39, 0.29) is 12.2 Å². The molecule has 2 heterocycles. The smallest absolute Gasteiger partial charge is 0.119 e. The molecule has 2 saturated heterocycles. The lowest BCUT2D eigenvalue weighted by atomic mass is 10.2. The van der Waals surface area contributed by atoms with E-state index in [2.05, 4.69) is 5.43 Å². The molecule has 2 aliphatic rings. The van der Waals surface area contributed by atoms with Gasteiger partial charge in [0.1, 0.15) is 36.9 Å². The van der Waals surface area contributed by atoms with Crippen LogP contribution in [0.3, 0.4) is 0 Å². The summed E-state index contributed by atoms with van der Waals surface area (Å²) in [5.41, 5.74) is 5.26. The fourth-order valence-corrected chi connectivity index (χ4v) is 2.50. The van der Waals surface area contributed by atoms with Gasteiger partial charge in [0.25, 0.3) is 0 Å². The molecule has 2 aromatic rings. The number of epoxide rings is 2. The van der Waals surface area contributed by atoms with Gasteiger partial charge in [0.2, 0.25) is 0 Å². The SMILES string of the molecule is CNN(c1ccc(OCC2CO2)cc1)c1ccc(OCC2CO2)cc1. The molecule has 2 fully saturated rings. The Balaban J connectivity index is 1.39. The van der Waals surface area contributed by atoms with Crippen LogP contribution < -0.4 is 19.9 Å². The van der Waals surface area contributed by atoms with E-state index >= 15 is 0 Å². The molecule has 132 valence electrons. The van der Waals surface area contributed by atoms with Crippen LogP contribution in [0.1, 0.15) is 0 Å². The van der Waals surface area contributed by atoms with E-state index in [1.165, 1.54) is 0 Å². The van der Waals surface area contributed by atoms with Crippen LogP contribution in [-0.2, 0) is 9.47 Å². The Labute approximate surface area is 147 Å². The van der Waals surface area contributed by atoms with Crippen LogP contribution in [0.4, 0.5) is 11.4 Å². The van der Waals surface area contributed by atoms with Crippen LogP contribution in [0.25, 0.3) is 0 Å². The zero-order chi connectivity index (χ0) is 17.1. The second-order valence-corrected chi connectivity index (χ2v) is 6.08. The lowest BCUT2D eigenvalue weighted by Gasteiger charge is -2.24. The van der Waals surface area contributed by atoms with Gasteiger partial charge in [-0.15, -0.1) is 0 Å². The molecule has 2 aromatic carbocycles. The quantitative estimate of drug-likeness (QED) is 0.558. The normalized spacial score (nSPS) is 20.8. The summed E-state index contributed by atoms with van der Waals surface area (Å²) in [6, 6.07) is 16.0. The zero-order valence-corrected chi connectivity index (χ0v) is 14.2. The predicted octanol–water partition coefficient (Wildman–Crippen LogP) is 2.51. The maximum Gasteiger partial charge on any atom is 0.119 e. The summed E-state index contributed by atoms with van der Waals surface area (Å²) in [4.78, 5) is 0. The van der Waals surface area contributed by atoms with Crippen molar-refractivity contribution in [2.45, 2.75) is 12.2 Å². The van der Waals surface area contributed by atoms with Crippen LogP contribution in [0, 0.1) is 0 Å². The number of benzene rings is 2. The molecule has 0 aromatic heterocycles. The lowest BCUT2D eigenvalue weighted by Crippen LogP contribution is -2.29. The molecule has 2 unspecified atom stereocenters. The predicted molar refractivity (Wildman–Crippen MR) is 94.6 cm³/mol. The van der Waals surface area contributed by atoms with Gasteiger partial charge in [0.05, 0.1) is 24.6 Å². The summed E-state index contributed by atoms with van der Waals surface area (Å²) in [6.45, 7) is 2.84. The molecule has 0 spiro atoms. The Morgan fingerprint density at radius 2 is 1.24 bits per heavy atom. The monoisotopic (exact) mass is 342 g/mol. The first-order valence-electron chi connectivity index (χ1n) is 8.48. The second-order valence-electron chi connectivity index (χ2n) is 6.08. The molecule has 2 aliphatic heterocycles. The van der Waals surface area contributed by atoms with Crippen molar-refractivity contribution >= 4 is 11.4 Å². The van der Waals surface area contributed by atoms with Crippen LogP contribution in [-0.4, -0.2) is 45.7 Å². The first-order valence-corrected chi connectivity index (χ1v) is 8.48. The van der Waals surface area contributed by atoms with Gasteiger partial charge in [0, 0.05) is 7.05 Å². The lowest BCUT2D eigenvalue weighted by molar-refractivity contribution is 0.263. The third-order valence-electron chi connectivity index (χ3n) is 4.09. The van der Waals surface area contributed by atoms with Gasteiger partial charge in [0.15, 0.2) is 0 Å². The number of hydrogen-bond acceptors (Lipinski definition) is 6. The number of nitrogens with one attached hydrogen (secondary N) is 1. The van der Waals surface area contributed by atoms with Crippen molar-refractivity contribution in [1.82, 2.24) is 5.43 Å². The van der Waals surface area contributed by atoms with E-state index in [1.54, 1.807) is 0 Å². The highest BCUT2D eigenvalue weighted by Crippen LogP contribution is 2.27. The van der Waals surface area contributed by atoms with Gasteiger partial charge in [-0.2, -0.15) is 0 Å².